The molecule has 19 heavy (non-hydrogen) atoms. The summed E-state index contributed by atoms with van der Waals surface area (Å²) in [6.45, 7) is 2.57. The van der Waals surface area contributed by atoms with E-state index in [0.717, 1.165) is 22.2 Å². The maximum atomic E-state index is 5.69. The van der Waals surface area contributed by atoms with Gasteiger partial charge in [0.2, 0.25) is 11.7 Å². The van der Waals surface area contributed by atoms with E-state index in [9.17, 15) is 0 Å². The molecule has 3 heterocycles. The molecular weight excluding hydrogens is 260 g/mol. The summed E-state index contributed by atoms with van der Waals surface area (Å²) >= 11 is 1.65. The molecule has 1 unspecified atom stereocenters. The molecule has 0 spiro atoms. The standard InChI is InChI=1S/C13H14N4OS/c1-2-8(6-14)13-16-12(17-18-13)9-5-11-10(15-7-9)3-4-19-11/h3-5,7-8H,2,6,14H2,1H3. The van der Waals surface area contributed by atoms with Gasteiger partial charge in [-0.1, -0.05) is 12.1 Å². The van der Waals surface area contributed by atoms with Crippen molar-refractivity contribution in [2.24, 2.45) is 5.73 Å². The van der Waals surface area contributed by atoms with E-state index in [1.165, 1.54) is 0 Å². The van der Waals surface area contributed by atoms with Gasteiger partial charge in [0.05, 0.1) is 16.1 Å². The number of aromatic nitrogens is 3. The molecule has 2 N–H and O–H groups in total. The molecule has 0 bridgehead atoms. The lowest BCUT2D eigenvalue weighted by Gasteiger charge is -2.04. The summed E-state index contributed by atoms with van der Waals surface area (Å²) in [5, 5.41) is 6.04. The smallest absolute Gasteiger partial charge is 0.231 e. The maximum absolute atomic E-state index is 5.69. The lowest BCUT2D eigenvalue weighted by Crippen LogP contribution is -2.11. The minimum absolute atomic E-state index is 0.125. The fourth-order valence-electron chi connectivity index (χ4n) is 1.93. The zero-order chi connectivity index (χ0) is 13.2. The lowest BCUT2D eigenvalue weighted by atomic mass is 10.1. The van der Waals surface area contributed by atoms with Crippen LogP contribution in [0.5, 0.6) is 0 Å². The van der Waals surface area contributed by atoms with Crippen LogP contribution >= 0.6 is 11.3 Å². The van der Waals surface area contributed by atoms with Gasteiger partial charge in [-0.15, -0.1) is 11.3 Å². The first-order chi connectivity index (χ1) is 9.31. The van der Waals surface area contributed by atoms with Gasteiger partial charge in [0, 0.05) is 18.3 Å². The molecule has 0 saturated carbocycles. The van der Waals surface area contributed by atoms with Crippen LogP contribution in [0.4, 0.5) is 0 Å². The maximum Gasteiger partial charge on any atom is 0.231 e. The summed E-state index contributed by atoms with van der Waals surface area (Å²) in [5.74, 6) is 1.30. The van der Waals surface area contributed by atoms with Crippen molar-refractivity contribution in [1.82, 2.24) is 15.1 Å². The number of hydrogen-bond acceptors (Lipinski definition) is 6. The Kier molecular flexibility index (Phi) is 3.27. The monoisotopic (exact) mass is 274 g/mol. The highest BCUT2D eigenvalue weighted by Crippen LogP contribution is 2.25. The van der Waals surface area contributed by atoms with Crippen LogP contribution in [-0.2, 0) is 0 Å². The topological polar surface area (TPSA) is 77.8 Å². The summed E-state index contributed by atoms with van der Waals surface area (Å²) in [6.07, 6.45) is 2.66. The molecule has 1 atom stereocenters. The second-order valence-corrected chi connectivity index (χ2v) is 5.27. The molecule has 0 aliphatic carbocycles. The average Bonchev–Trinajstić information content (AvgIpc) is 3.08. The van der Waals surface area contributed by atoms with Gasteiger partial charge in [0.25, 0.3) is 0 Å². The quantitative estimate of drug-likeness (QED) is 0.791. The Balaban J connectivity index is 1.97. The van der Waals surface area contributed by atoms with Gasteiger partial charge in [0.1, 0.15) is 0 Å². The van der Waals surface area contributed by atoms with Gasteiger partial charge in [-0.05, 0) is 23.9 Å². The second-order valence-electron chi connectivity index (χ2n) is 4.33. The molecule has 0 aliphatic heterocycles. The van der Waals surface area contributed by atoms with E-state index < -0.39 is 0 Å². The van der Waals surface area contributed by atoms with Gasteiger partial charge in [0.15, 0.2) is 0 Å². The molecule has 0 aliphatic rings. The van der Waals surface area contributed by atoms with Crippen molar-refractivity contribution in [3.8, 4) is 11.4 Å². The Morgan fingerprint density at radius 1 is 1.47 bits per heavy atom. The number of nitrogens with two attached hydrogens (primary N) is 1. The molecule has 3 aromatic heterocycles. The van der Waals surface area contributed by atoms with E-state index in [1.54, 1.807) is 17.5 Å². The van der Waals surface area contributed by atoms with Crippen molar-refractivity contribution in [3.05, 3.63) is 29.6 Å². The summed E-state index contributed by atoms with van der Waals surface area (Å²) in [5.41, 5.74) is 7.55. The molecule has 0 radical (unpaired) electrons. The minimum atomic E-state index is 0.125. The molecular formula is C13H14N4OS. The fraction of sp³-hybridized carbons (Fsp3) is 0.308. The van der Waals surface area contributed by atoms with Crippen LogP contribution in [0.1, 0.15) is 25.2 Å². The van der Waals surface area contributed by atoms with Crippen molar-refractivity contribution in [2.45, 2.75) is 19.3 Å². The van der Waals surface area contributed by atoms with E-state index in [0.29, 0.717) is 18.3 Å². The summed E-state index contributed by atoms with van der Waals surface area (Å²) in [7, 11) is 0. The van der Waals surface area contributed by atoms with Crippen molar-refractivity contribution >= 4 is 21.6 Å². The molecule has 0 aromatic carbocycles. The molecule has 0 amide bonds. The highest BCUT2D eigenvalue weighted by molar-refractivity contribution is 7.17. The van der Waals surface area contributed by atoms with Crippen LogP contribution in [0.2, 0.25) is 0 Å². The summed E-state index contributed by atoms with van der Waals surface area (Å²) in [6, 6.07) is 4.03. The summed E-state index contributed by atoms with van der Waals surface area (Å²) in [4.78, 5) is 8.80. The number of fused-ring (bicyclic) bond motifs is 1. The highest BCUT2D eigenvalue weighted by Gasteiger charge is 2.16. The highest BCUT2D eigenvalue weighted by atomic mass is 32.1. The predicted molar refractivity (Wildman–Crippen MR) is 75.0 cm³/mol. The average molecular weight is 274 g/mol. The van der Waals surface area contributed by atoms with Gasteiger partial charge in [-0.25, -0.2) is 0 Å². The van der Waals surface area contributed by atoms with Crippen molar-refractivity contribution in [2.75, 3.05) is 6.54 Å². The van der Waals surface area contributed by atoms with Crippen LogP contribution in [-0.4, -0.2) is 21.7 Å². The van der Waals surface area contributed by atoms with Gasteiger partial charge >= 0.3 is 0 Å². The SMILES string of the molecule is CCC(CN)c1nc(-c2cnc3ccsc3c2)no1. The Labute approximate surface area is 114 Å². The summed E-state index contributed by atoms with van der Waals surface area (Å²) < 4.78 is 6.41. The predicted octanol–water partition coefficient (Wildman–Crippen LogP) is 2.80. The fourth-order valence-corrected chi connectivity index (χ4v) is 2.71. The zero-order valence-corrected chi connectivity index (χ0v) is 11.4. The first kappa shape index (κ1) is 12.3. The minimum Gasteiger partial charge on any atom is -0.339 e. The molecule has 3 aromatic rings. The van der Waals surface area contributed by atoms with Crippen LogP contribution in [0.15, 0.2) is 28.2 Å². The number of rotatable bonds is 4. The van der Waals surface area contributed by atoms with Crippen LogP contribution in [0, 0.1) is 0 Å². The van der Waals surface area contributed by atoms with Crippen LogP contribution < -0.4 is 5.73 Å². The first-order valence-electron chi connectivity index (χ1n) is 6.19. The molecule has 5 nitrogen and oxygen atoms in total. The number of pyridine rings is 1. The largest absolute Gasteiger partial charge is 0.339 e. The van der Waals surface area contributed by atoms with E-state index in [2.05, 4.69) is 22.0 Å². The number of thiophene rings is 1. The molecule has 0 saturated heterocycles. The van der Waals surface area contributed by atoms with Crippen molar-refractivity contribution < 1.29 is 4.52 Å². The van der Waals surface area contributed by atoms with E-state index in [1.807, 2.05) is 17.5 Å². The third-order valence-electron chi connectivity index (χ3n) is 3.13. The first-order valence-corrected chi connectivity index (χ1v) is 7.07. The van der Waals surface area contributed by atoms with E-state index in [4.69, 9.17) is 10.3 Å². The number of nitrogens with zero attached hydrogens (tertiary/aromatic N) is 3. The van der Waals surface area contributed by atoms with Gasteiger partial charge in [-0.3, -0.25) is 4.98 Å². The second kappa shape index (κ2) is 5.07. The normalized spacial score (nSPS) is 12.9. The zero-order valence-electron chi connectivity index (χ0n) is 10.5. The van der Waals surface area contributed by atoms with E-state index in [-0.39, 0.29) is 5.92 Å². The van der Waals surface area contributed by atoms with E-state index >= 15 is 0 Å². The van der Waals surface area contributed by atoms with Crippen LogP contribution in [0.3, 0.4) is 0 Å². The van der Waals surface area contributed by atoms with Gasteiger partial charge in [-0.2, -0.15) is 4.98 Å². The number of hydrogen-bond donors (Lipinski definition) is 1. The molecule has 98 valence electrons. The molecule has 6 heteroatoms. The van der Waals surface area contributed by atoms with Crippen molar-refractivity contribution in [3.63, 3.8) is 0 Å². The lowest BCUT2D eigenvalue weighted by molar-refractivity contribution is 0.351. The Morgan fingerprint density at radius 2 is 2.37 bits per heavy atom. The van der Waals surface area contributed by atoms with Gasteiger partial charge < -0.3 is 10.3 Å². The van der Waals surface area contributed by atoms with Crippen LogP contribution in [0.25, 0.3) is 21.6 Å². The molecule has 0 fully saturated rings. The molecule has 3 rings (SSSR count). The third-order valence-corrected chi connectivity index (χ3v) is 3.98. The Morgan fingerprint density at radius 3 is 3.16 bits per heavy atom. The third kappa shape index (κ3) is 2.24. The Hall–Kier alpha value is -1.79. The Bertz CT molecular complexity index is 687. The van der Waals surface area contributed by atoms with Crippen molar-refractivity contribution in [1.29, 1.82) is 0 Å².